The summed E-state index contributed by atoms with van der Waals surface area (Å²) in [5.41, 5.74) is 3.69. The number of nitrogens with one attached hydrogen (secondary N) is 3. The van der Waals surface area contributed by atoms with Gasteiger partial charge in [-0.3, -0.25) is 9.89 Å². The Morgan fingerprint density at radius 1 is 1.32 bits per heavy atom. The molecule has 0 saturated carbocycles. The minimum Gasteiger partial charge on any atom is -0.394 e. The largest absolute Gasteiger partial charge is 0.394 e. The monoisotopic (exact) mass is 443 g/mol. The van der Waals surface area contributed by atoms with E-state index in [0.717, 1.165) is 42.8 Å². The van der Waals surface area contributed by atoms with Crippen molar-refractivity contribution in [2.24, 2.45) is 0 Å². The molecule has 1 unspecified atom stereocenters. The maximum atomic E-state index is 13.5. The summed E-state index contributed by atoms with van der Waals surface area (Å²) in [6, 6.07) is 5.94. The van der Waals surface area contributed by atoms with Gasteiger partial charge in [-0.1, -0.05) is 6.92 Å². The first-order valence-electron chi connectivity index (χ1n) is 10.5. The van der Waals surface area contributed by atoms with Gasteiger partial charge in [-0.25, -0.2) is 9.37 Å². The van der Waals surface area contributed by atoms with Gasteiger partial charge in [0.1, 0.15) is 22.2 Å². The van der Waals surface area contributed by atoms with Crippen LogP contribution in [-0.2, 0) is 0 Å². The number of piperidine rings is 1. The van der Waals surface area contributed by atoms with Gasteiger partial charge in [0.05, 0.1) is 18.2 Å². The molecule has 0 bridgehead atoms. The number of halogens is 1. The second kappa shape index (κ2) is 9.67. The number of hydrogen-bond acceptors (Lipinski definition) is 6. The van der Waals surface area contributed by atoms with Crippen molar-refractivity contribution < 1.29 is 14.3 Å². The molecule has 31 heavy (non-hydrogen) atoms. The van der Waals surface area contributed by atoms with Crippen molar-refractivity contribution >= 4 is 17.2 Å². The van der Waals surface area contributed by atoms with Crippen molar-refractivity contribution in [1.29, 1.82) is 0 Å². The molecule has 1 amide bonds. The third-order valence-electron chi connectivity index (χ3n) is 5.66. The van der Waals surface area contributed by atoms with Crippen LogP contribution in [0.5, 0.6) is 0 Å². The topological polar surface area (TPSA) is 103 Å². The number of carbonyl (C=O) groups is 1. The second-order valence-electron chi connectivity index (χ2n) is 7.69. The molecule has 1 atom stereocenters. The van der Waals surface area contributed by atoms with Gasteiger partial charge in [0, 0.05) is 22.6 Å². The third kappa shape index (κ3) is 4.68. The summed E-state index contributed by atoms with van der Waals surface area (Å²) in [4.78, 5) is 17.2. The van der Waals surface area contributed by atoms with E-state index >= 15 is 0 Å². The highest BCUT2D eigenvalue weighted by Crippen LogP contribution is 2.40. The molecule has 1 aliphatic rings. The average molecular weight is 444 g/mol. The molecule has 1 saturated heterocycles. The molecule has 4 rings (SSSR count). The molecule has 3 aromatic rings. The Balaban J connectivity index is 1.72. The first kappa shape index (κ1) is 21.6. The molecule has 9 heteroatoms. The Bertz CT molecular complexity index is 1020. The number of aliphatic hydroxyl groups excluding tert-OH is 1. The van der Waals surface area contributed by atoms with Crippen LogP contribution >= 0.6 is 11.3 Å². The lowest BCUT2D eigenvalue weighted by atomic mass is 9.91. The highest BCUT2D eigenvalue weighted by Gasteiger charge is 2.27. The molecule has 1 fully saturated rings. The molecule has 1 aromatic carbocycles. The number of hydrogen-bond donors (Lipinski definition) is 4. The van der Waals surface area contributed by atoms with Crippen LogP contribution in [0.25, 0.3) is 21.8 Å². The Hall–Kier alpha value is -2.62. The van der Waals surface area contributed by atoms with Gasteiger partial charge >= 0.3 is 0 Å². The molecule has 4 N–H and O–H groups in total. The van der Waals surface area contributed by atoms with Crippen molar-refractivity contribution in [2.45, 2.75) is 38.1 Å². The van der Waals surface area contributed by atoms with E-state index in [2.05, 4.69) is 25.8 Å². The van der Waals surface area contributed by atoms with Crippen molar-refractivity contribution in [3.63, 3.8) is 0 Å². The van der Waals surface area contributed by atoms with Crippen LogP contribution < -0.4 is 10.6 Å². The van der Waals surface area contributed by atoms with Gasteiger partial charge in [0.25, 0.3) is 5.91 Å². The zero-order chi connectivity index (χ0) is 21.8. The Kier molecular flexibility index (Phi) is 6.74. The Morgan fingerprint density at radius 2 is 2.06 bits per heavy atom. The highest BCUT2D eigenvalue weighted by molar-refractivity contribution is 7.13. The summed E-state index contributed by atoms with van der Waals surface area (Å²) < 4.78 is 13.5. The molecule has 7 nitrogen and oxygen atoms in total. The van der Waals surface area contributed by atoms with Gasteiger partial charge < -0.3 is 15.7 Å². The molecule has 164 valence electrons. The molecule has 0 spiro atoms. The van der Waals surface area contributed by atoms with Gasteiger partial charge in [-0.05, 0) is 56.6 Å². The number of H-pyrrole nitrogens is 1. The number of amides is 1. The maximum Gasteiger partial charge on any atom is 0.271 e. The van der Waals surface area contributed by atoms with Crippen molar-refractivity contribution in [2.75, 3.05) is 19.7 Å². The van der Waals surface area contributed by atoms with Crippen molar-refractivity contribution in [3.8, 4) is 21.8 Å². The number of nitrogens with zero attached hydrogens (tertiary/aromatic N) is 2. The summed E-state index contributed by atoms with van der Waals surface area (Å²) in [5, 5.41) is 25.7. The number of rotatable bonds is 7. The number of thiazole rings is 1. The Labute approximate surface area is 184 Å². The fraction of sp³-hybridized carbons (Fsp3) is 0.409. The normalized spacial score (nSPS) is 15.7. The van der Waals surface area contributed by atoms with E-state index < -0.39 is 0 Å². The molecular weight excluding hydrogens is 417 g/mol. The van der Waals surface area contributed by atoms with Crippen LogP contribution in [-0.4, -0.2) is 51.9 Å². The molecular formula is C22H26FN5O2S. The minimum atomic E-state index is -0.307. The van der Waals surface area contributed by atoms with E-state index in [1.807, 2.05) is 6.92 Å². The first-order chi connectivity index (χ1) is 15.1. The predicted octanol–water partition coefficient (Wildman–Crippen LogP) is 3.31. The third-order valence-corrected chi connectivity index (χ3v) is 6.52. The minimum absolute atomic E-state index is 0.116. The van der Waals surface area contributed by atoms with Crippen LogP contribution in [0.15, 0.2) is 29.6 Å². The first-order valence-corrected chi connectivity index (χ1v) is 11.4. The van der Waals surface area contributed by atoms with Crippen LogP contribution in [0, 0.1) is 5.82 Å². The van der Waals surface area contributed by atoms with E-state index in [0.29, 0.717) is 28.7 Å². The van der Waals surface area contributed by atoms with Crippen LogP contribution in [0.1, 0.15) is 48.3 Å². The SMILES string of the molecule is CCC(CO)NC(=O)c1csc(-c2c(-c3ccc(F)cc3)n[nH]c2C2CCNCC2)n1. The standard InChI is InChI=1S/C22H26FN5O2S/c1-2-16(11-29)25-21(30)17-12-31-22(26-17)18-19(13-3-5-15(23)6-4-13)27-28-20(18)14-7-9-24-10-8-14/h3-6,12,14,16,24,29H,2,7-11H2,1H3,(H,25,30)(H,27,28). The maximum absolute atomic E-state index is 13.5. The smallest absolute Gasteiger partial charge is 0.271 e. The second-order valence-corrected chi connectivity index (χ2v) is 8.55. The zero-order valence-corrected chi connectivity index (χ0v) is 18.1. The fourth-order valence-corrected chi connectivity index (χ4v) is 4.68. The van der Waals surface area contributed by atoms with Gasteiger partial charge in [-0.15, -0.1) is 11.3 Å². The number of aliphatic hydroxyl groups is 1. The van der Waals surface area contributed by atoms with Crippen molar-refractivity contribution in [3.05, 3.63) is 46.9 Å². The summed E-state index contributed by atoms with van der Waals surface area (Å²) in [6.45, 7) is 3.65. The predicted molar refractivity (Wildman–Crippen MR) is 119 cm³/mol. The molecule has 0 radical (unpaired) electrons. The number of benzene rings is 1. The fourth-order valence-electron chi connectivity index (χ4n) is 3.82. The zero-order valence-electron chi connectivity index (χ0n) is 17.3. The number of carbonyl (C=O) groups excluding carboxylic acids is 1. The van der Waals surface area contributed by atoms with E-state index in [9.17, 15) is 14.3 Å². The van der Waals surface area contributed by atoms with Gasteiger partial charge in [-0.2, -0.15) is 5.10 Å². The summed E-state index contributed by atoms with van der Waals surface area (Å²) in [6.07, 6.45) is 2.59. The molecule has 2 aromatic heterocycles. The lowest BCUT2D eigenvalue weighted by Gasteiger charge is -2.22. The van der Waals surface area contributed by atoms with Gasteiger partial charge in [0.2, 0.25) is 0 Å². The average Bonchev–Trinajstić information content (AvgIpc) is 3.46. The summed E-state index contributed by atoms with van der Waals surface area (Å²) in [5.74, 6) is -0.307. The van der Waals surface area contributed by atoms with E-state index in [1.54, 1.807) is 17.5 Å². The van der Waals surface area contributed by atoms with Crippen LogP contribution in [0.4, 0.5) is 4.39 Å². The number of aromatic nitrogens is 3. The molecule has 1 aliphatic heterocycles. The van der Waals surface area contributed by atoms with Crippen LogP contribution in [0.3, 0.4) is 0 Å². The lowest BCUT2D eigenvalue weighted by Crippen LogP contribution is -2.37. The van der Waals surface area contributed by atoms with Crippen LogP contribution in [0.2, 0.25) is 0 Å². The molecule has 3 heterocycles. The number of aromatic amines is 1. The quantitative estimate of drug-likeness (QED) is 0.449. The highest BCUT2D eigenvalue weighted by atomic mass is 32.1. The summed E-state index contributed by atoms with van der Waals surface area (Å²) in [7, 11) is 0. The summed E-state index contributed by atoms with van der Waals surface area (Å²) >= 11 is 1.38. The lowest BCUT2D eigenvalue weighted by molar-refractivity contribution is 0.0910. The van der Waals surface area contributed by atoms with Gasteiger partial charge in [0.15, 0.2) is 0 Å². The van der Waals surface area contributed by atoms with E-state index in [4.69, 9.17) is 0 Å². The van der Waals surface area contributed by atoms with E-state index in [-0.39, 0.29) is 24.4 Å². The van der Waals surface area contributed by atoms with Crippen molar-refractivity contribution in [1.82, 2.24) is 25.8 Å². The van der Waals surface area contributed by atoms with E-state index in [1.165, 1.54) is 23.5 Å². The molecule has 0 aliphatic carbocycles. The Morgan fingerprint density at radius 3 is 2.74 bits per heavy atom.